The molecule has 0 aliphatic rings. The van der Waals surface area contributed by atoms with E-state index in [2.05, 4.69) is 25.1 Å². The standard InChI is InChI=1S/C44H45N11O6/c45-39(33-3-1-31-25-37(15-9-29(31)23-33)60-41(56)27-5-11-35(12-6-27)53-43(47)48)51-17-19-58-21-22-59-20-18-52-40(46)34-4-2-32-26-38(16-10-30(32)24-34)61-42(57)28-7-13-36(14-8-28)54-44(49)55-50/h1-16,23-26,41,50,56H,17-22H2,(H2,45,51)(H2,46,52)(H2,49,54)(H4,47,48,53). The number of fused-ring (bicyclic) bond motifs is 2. The van der Waals surface area contributed by atoms with Crippen LogP contribution in [0, 0.1) is 5.53 Å². The van der Waals surface area contributed by atoms with Crippen LogP contribution in [0.4, 0.5) is 11.4 Å². The van der Waals surface area contributed by atoms with Gasteiger partial charge in [0.2, 0.25) is 12.2 Å². The number of nitrogens with two attached hydrogens (primary N) is 5. The van der Waals surface area contributed by atoms with Crippen molar-refractivity contribution in [3.8, 4) is 11.5 Å². The van der Waals surface area contributed by atoms with Gasteiger partial charge in [0.25, 0.3) is 0 Å². The predicted octanol–water partition coefficient (Wildman–Crippen LogP) is 5.31. The maximum Gasteiger partial charge on any atom is 0.343 e. The van der Waals surface area contributed by atoms with Crippen molar-refractivity contribution in [1.82, 2.24) is 0 Å². The first kappa shape index (κ1) is 42.9. The van der Waals surface area contributed by atoms with Crippen LogP contribution in [0.2, 0.25) is 0 Å². The molecule has 0 saturated heterocycles. The van der Waals surface area contributed by atoms with Crippen LogP contribution in [0.5, 0.6) is 11.5 Å². The number of amidine groups is 2. The Morgan fingerprint density at radius 2 is 1.05 bits per heavy atom. The first-order valence-corrected chi connectivity index (χ1v) is 19.0. The van der Waals surface area contributed by atoms with E-state index in [1.165, 1.54) is 0 Å². The van der Waals surface area contributed by atoms with E-state index in [9.17, 15) is 9.90 Å². The summed E-state index contributed by atoms with van der Waals surface area (Å²) in [7, 11) is 0. The fourth-order valence-electron chi connectivity index (χ4n) is 5.92. The Hall–Kier alpha value is -7.73. The van der Waals surface area contributed by atoms with Crippen molar-refractivity contribution < 1.29 is 28.8 Å². The van der Waals surface area contributed by atoms with Gasteiger partial charge < -0.3 is 52.7 Å². The van der Waals surface area contributed by atoms with Crippen LogP contribution in [-0.2, 0) is 9.47 Å². The third-order valence-corrected chi connectivity index (χ3v) is 8.98. The maximum absolute atomic E-state index is 12.7. The van der Waals surface area contributed by atoms with Gasteiger partial charge in [-0.2, -0.15) is 0 Å². The van der Waals surface area contributed by atoms with Crippen molar-refractivity contribution in [3.05, 3.63) is 144 Å². The number of benzene rings is 6. The van der Waals surface area contributed by atoms with Gasteiger partial charge in [-0.15, -0.1) is 5.11 Å². The van der Waals surface area contributed by atoms with Gasteiger partial charge in [0.1, 0.15) is 23.2 Å². The van der Waals surface area contributed by atoms with Gasteiger partial charge >= 0.3 is 5.97 Å². The number of guanidine groups is 2. The van der Waals surface area contributed by atoms with Crippen molar-refractivity contribution in [2.24, 2.45) is 53.8 Å². The molecule has 0 bridgehead atoms. The van der Waals surface area contributed by atoms with Gasteiger partial charge in [-0.05, 0) is 94.3 Å². The van der Waals surface area contributed by atoms with Crippen LogP contribution < -0.4 is 38.1 Å². The molecule has 0 radical (unpaired) electrons. The Labute approximate surface area is 350 Å². The Morgan fingerprint density at radius 1 is 0.574 bits per heavy atom. The van der Waals surface area contributed by atoms with Gasteiger partial charge in [-0.1, -0.05) is 48.5 Å². The molecule has 0 saturated carbocycles. The molecule has 1 atom stereocenters. The quantitative estimate of drug-likeness (QED) is 0.0111. The Bertz CT molecular complexity index is 2610. The lowest BCUT2D eigenvalue weighted by molar-refractivity contribution is -0.0193. The minimum absolute atomic E-state index is 0.0472. The van der Waals surface area contributed by atoms with E-state index in [-0.39, 0.29) is 11.9 Å². The van der Waals surface area contributed by atoms with Crippen LogP contribution in [0.15, 0.2) is 146 Å². The largest absolute Gasteiger partial charge is 0.461 e. The Kier molecular flexibility index (Phi) is 14.6. The lowest BCUT2D eigenvalue weighted by Crippen LogP contribution is -2.21. The number of aliphatic imine (C=N–C) groups is 4. The molecule has 0 aromatic heterocycles. The Morgan fingerprint density at radius 3 is 1.61 bits per heavy atom. The van der Waals surface area contributed by atoms with Crippen LogP contribution in [0.3, 0.4) is 0 Å². The van der Waals surface area contributed by atoms with Crippen LogP contribution in [0.1, 0.15) is 33.3 Å². The minimum Gasteiger partial charge on any atom is -0.461 e. The summed E-state index contributed by atoms with van der Waals surface area (Å²) in [5.74, 6) is 0.897. The number of nitrogens with zero attached hydrogens (tertiary/aromatic N) is 5. The Balaban J connectivity index is 0.878. The lowest BCUT2D eigenvalue weighted by Gasteiger charge is -2.14. The van der Waals surface area contributed by atoms with E-state index in [0.717, 1.165) is 32.7 Å². The SMILES string of the molecule is N=NC(N)=Nc1ccc(C(=O)Oc2ccc3cc(C(N)=NCCOCCOCCN=C(N)c4ccc5cc(OC(O)c6ccc(N=C(N)N)cc6)ccc5c4)ccc3c2)cc1. The molecule has 6 aromatic rings. The third kappa shape index (κ3) is 12.4. The van der Waals surface area contributed by atoms with Crippen molar-refractivity contribution in [2.45, 2.75) is 6.29 Å². The second-order valence-electron chi connectivity index (χ2n) is 13.3. The van der Waals surface area contributed by atoms with E-state index in [0.29, 0.717) is 85.2 Å². The zero-order valence-electron chi connectivity index (χ0n) is 33.0. The summed E-state index contributed by atoms with van der Waals surface area (Å²) >= 11 is 0. The molecule has 0 spiro atoms. The average molecular weight is 824 g/mol. The highest BCUT2D eigenvalue weighted by molar-refractivity contribution is 6.02. The van der Waals surface area contributed by atoms with E-state index < -0.39 is 12.3 Å². The molecule has 6 rings (SSSR count). The van der Waals surface area contributed by atoms with Crippen molar-refractivity contribution >= 4 is 62.5 Å². The van der Waals surface area contributed by atoms with E-state index in [1.807, 2.05) is 54.6 Å². The highest BCUT2D eigenvalue weighted by Crippen LogP contribution is 2.27. The monoisotopic (exact) mass is 823 g/mol. The van der Waals surface area contributed by atoms with E-state index in [1.54, 1.807) is 66.7 Å². The fourth-order valence-corrected chi connectivity index (χ4v) is 5.92. The predicted molar refractivity (Wildman–Crippen MR) is 236 cm³/mol. The molecule has 12 N–H and O–H groups in total. The maximum atomic E-state index is 12.7. The normalized spacial score (nSPS) is 12.6. The molecule has 17 nitrogen and oxygen atoms in total. The number of carbonyl (C=O) groups is 1. The van der Waals surface area contributed by atoms with E-state index in [4.69, 9.17) is 53.1 Å². The number of rotatable bonds is 18. The highest BCUT2D eigenvalue weighted by atomic mass is 16.6. The number of hydrogen-bond donors (Lipinski definition) is 7. The molecular formula is C44H45N11O6. The van der Waals surface area contributed by atoms with Crippen molar-refractivity contribution in [1.29, 1.82) is 5.53 Å². The average Bonchev–Trinajstić information content (AvgIpc) is 3.26. The summed E-state index contributed by atoms with van der Waals surface area (Å²) in [6.07, 6.45) is -1.18. The number of carbonyl (C=O) groups excluding carboxylic acids is 1. The topological polar surface area (TPSA) is 290 Å². The van der Waals surface area contributed by atoms with Gasteiger partial charge in [-0.25, -0.2) is 20.3 Å². The lowest BCUT2D eigenvalue weighted by atomic mass is 10.1. The van der Waals surface area contributed by atoms with Gasteiger partial charge in [0.15, 0.2) is 5.96 Å². The summed E-state index contributed by atoms with van der Waals surface area (Å²) in [6.45, 7) is 2.27. The zero-order chi connectivity index (χ0) is 43.1. The molecule has 6 aromatic carbocycles. The molecule has 312 valence electrons. The first-order valence-electron chi connectivity index (χ1n) is 19.0. The van der Waals surface area contributed by atoms with Crippen LogP contribution in [-0.4, -0.2) is 74.2 Å². The molecule has 0 heterocycles. The van der Waals surface area contributed by atoms with Gasteiger partial charge in [-0.3, -0.25) is 9.98 Å². The molecule has 0 aliphatic heterocycles. The summed E-state index contributed by atoms with van der Waals surface area (Å²) in [5.41, 5.74) is 39.1. The van der Waals surface area contributed by atoms with E-state index >= 15 is 0 Å². The minimum atomic E-state index is -1.18. The molecule has 61 heavy (non-hydrogen) atoms. The number of esters is 1. The number of aliphatic hydroxyl groups is 1. The molecule has 0 fully saturated rings. The zero-order valence-corrected chi connectivity index (χ0v) is 33.0. The van der Waals surface area contributed by atoms with Crippen LogP contribution >= 0.6 is 0 Å². The third-order valence-electron chi connectivity index (χ3n) is 8.98. The molecule has 17 heteroatoms. The van der Waals surface area contributed by atoms with Crippen molar-refractivity contribution in [3.63, 3.8) is 0 Å². The van der Waals surface area contributed by atoms with Gasteiger partial charge in [0.05, 0.1) is 56.5 Å². The molecule has 0 aliphatic carbocycles. The highest BCUT2D eigenvalue weighted by Gasteiger charge is 2.12. The summed E-state index contributed by atoms with van der Waals surface area (Å²) < 4.78 is 22.6. The number of aliphatic hydroxyl groups excluding tert-OH is 1. The smallest absolute Gasteiger partial charge is 0.343 e. The first-order chi connectivity index (χ1) is 29.5. The summed E-state index contributed by atoms with van der Waals surface area (Å²) in [6, 6.07) is 35.2. The molecule has 1 unspecified atom stereocenters. The number of ether oxygens (including phenoxy) is 4. The second-order valence-corrected chi connectivity index (χ2v) is 13.3. The van der Waals surface area contributed by atoms with Crippen LogP contribution in [0.25, 0.3) is 21.5 Å². The number of nitrogens with one attached hydrogen (secondary N) is 1. The number of hydrogen-bond acceptors (Lipinski definition) is 11. The summed E-state index contributed by atoms with van der Waals surface area (Å²) in [4.78, 5) is 29.5. The van der Waals surface area contributed by atoms with Gasteiger partial charge in [0, 0.05) is 16.7 Å². The second kappa shape index (κ2) is 20.8. The molecule has 0 amide bonds. The summed E-state index contributed by atoms with van der Waals surface area (Å²) in [5, 5.41) is 17.2. The molecular weight excluding hydrogens is 779 g/mol. The fraction of sp³-hybridized carbons (Fsp3) is 0.159. The van der Waals surface area contributed by atoms with Crippen molar-refractivity contribution in [2.75, 3.05) is 39.5 Å².